The SMILES string of the molecule is COc1ccccc1N1CC(C(=O)N(CCN(C)C)CC(=O)OC(C)(C)C)CC1=O. The molecule has 0 saturated carbocycles. The van der Waals surface area contributed by atoms with Gasteiger partial charge in [-0.05, 0) is 47.0 Å². The van der Waals surface area contributed by atoms with E-state index in [1.807, 2.05) is 31.1 Å². The van der Waals surface area contributed by atoms with Crippen LogP contribution in [0.4, 0.5) is 5.69 Å². The van der Waals surface area contributed by atoms with E-state index >= 15 is 0 Å². The minimum absolute atomic E-state index is 0.101. The summed E-state index contributed by atoms with van der Waals surface area (Å²) < 4.78 is 10.7. The maximum Gasteiger partial charge on any atom is 0.326 e. The first-order valence-corrected chi connectivity index (χ1v) is 10.1. The molecule has 2 amide bonds. The van der Waals surface area contributed by atoms with Crippen LogP contribution in [0.25, 0.3) is 0 Å². The minimum atomic E-state index is -0.628. The predicted octanol–water partition coefficient (Wildman–Crippen LogP) is 1.78. The summed E-state index contributed by atoms with van der Waals surface area (Å²) in [4.78, 5) is 43.2. The first kappa shape index (κ1) is 23.7. The van der Waals surface area contributed by atoms with E-state index in [0.717, 1.165) is 0 Å². The van der Waals surface area contributed by atoms with Crippen LogP contribution in [0, 0.1) is 5.92 Å². The zero-order valence-electron chi connectivity index (χ0n) is 18.8. The van der Waals surface area contributed by atoms with Crippen molar-refractivity contribution >= 4 is 23.5 Å². The molecule has 1 fully saturated rings. The molecule has 1 aliphatic heterocycles. The third-order valence-corrected chi connectivity index (χ3v) is 4.72. The Balaban J connectivity index is 2.14. The van der Waals surface area contributed by atoms with Crippen molar-refractivity contribution in [3.8, 4) is 5.75 Å². The van der Waals surface area contributed by atoms with Gasteiger partial charge in [0.15, 0.2) is 0 Å². The number of para-hydroxylation sites is 2. The van der Waals surface area contributed by atoms with E-state index < -0.39 is 17.5 Å². The van der Waals surface area contributed by atoms with Gasteiger partial charge in [0.2, 0.25) is 11.8 Å². The van der Waals surface area contributed by atoms with Gasteiger partial charge in [-0.15, -0.1) is 0 Å². The Hall–Kier alpha value is -2.61. The van der Waals surface area contributed by atoms with Crippen LogP contribution in [-0.2, 0) is 19.1 Å². The van der Waals surface area contributed by atoms with Gasteiger partial charge in [0, 0.05) is 26.1 Å². The number of methoxy groups -OCH3 is 1. The molecule has 1 aliphatic rings. The number of likely N-dealkylation sites (N-methyl/N-ethyl adjacent to an activating group) is 1. The van der Waals surface area contributed by atoms with Gasteiger partial charge in [-0.2, -0.15) is 0 Å². The molecular formula is C22H33N3O5. The number of hydrogen-bond acceptors (Lipinski definition) is 6. The van der Waals surface area contributed by atoms with E-state index in [2.05, 4.69) is 0 Å². The van der Waals surface area contributed by atoms with Gasteiger partial charge in [-0.1, -0.05) is 12.1 Å². The monoisotopic (exact) mass is 419 g/mol. The second-order valence-corrected chi connectivity index (χ2v) is 8.73. The second kappa shape index (κ2) is 9.93. The fourth-order valence-corrected chi connectivity index (χ4v) is 3.33. The first-order chi connectivity index (χ1) is 14.0. The molecule has 30 heavy (non-hydrogen) atoms. The molecule has 1 aromatic rings. The van der Waals surface area contributed by atoms with Crippen molar-refractivity contribution in [2.75, 3.05) is 52.3 Å². The lowest BCUT2D eigenvalue weighted by Crippen LogP contribution is -2.45. The highest BCUT2D eigenvalue weighted by atomic mass is 16.6. The molecule has 1 heterocycles. The normalized spacial score (nSPS) is 16.7. The van der Waals surface area contributed by atoms with Crippen LogP contribution in [0.3, 0.4) is 0 Å². The highest BCUT2D eigenvalue weighted by molar-refractivity contribution is 6.01. The second-order valence-electron chi connectivity index (χ2n) is 8.73. The van der Waals surface area contributed by atoms with Crippen LogP contribution >= 0.6 is 0 Å². The number of benzene rings is 1. The maximum absolute atomic E-state index is 13.2. The molecule has 1 saturated heterocycles. The van der Waals surface area contributed by atoms with Crippen LogP contribution < -0.4 is 9.64 Å². The molecule has 1 aromatic carbocycles. The number of ether oxygens (including phenoxy) is 2. The number of nitrogens with zero attached hydrogens (tertiary/aromatic N) is 3. The standard InChI is InChI=1S/C22H33N3O5/c1-22(2,3)30-20(27)15-24(12-11-23(4)5)21(28)16-13-19(26)25(14-16)17-9-7-8-10-18(17)29-6/h7-10,16H,11-15H2,1-6H3. The van der Waals surface area contributed by atoms with Crippen molar-refractivity contribution < 1.29 is 23.9 Å². The van der Waals surface area contributed by atoms with Crippen molar-refractivity contribution in [1.29, 1.82) is 0 Å². The molecule has 0 spiro atoms. The fraction of sp³-hybridized carbons (Fsp3) is 0.591. The van der Waals surface area contributed by atoms with Crippen LogP contribution in [-0.4, -0.2) is 80.6 Å². The van der Waals surface area contributed by atoms with E-state index in [1.54, 1.807) is 44.9 Å². The van der Waals surface area contributed by atoms with Crippen LogP contribution in [0.2, 0.25) is 0 Å². The number of esters is 1. The van der Waals surface area contributed by atoms with Gasteiger partial charge in [0.1, 0.15) is 17.9 Å². The lowest BCUT2D eigenvalue weighted by Gasteiger charge is -2.28. The number of hydrogen-bond donors (Lipinski definition) is 0. The van der Waals surface area contributed by atoms with Gasteiger partial charge < -0.3 is 24.2 Å². The summed E-state index contributed by atoms with van der Waals surface area (Å²) in [5.41, 5.74) is 0.0180. The molecule has 0 radical (unpaired) electrons. The Morgan fingerprint density at radius 3 is 2.43 bits per heavy atom. The Morgan fingerprint density at radius 2 is 1.83 bits per heavy atom. The van der Waals surface area contributed by atoms with Crippen molar-refractivity contribution in [1.82, 2.24) is 9.80 Å². The molecule has 2 rings (SSSR count). The first-order valence-electron chi connectivity index (χ1n) is 10.1. The van der Waals surface area contributed by atoms with Crippen LogP contribution in [0.15, 0.2) is 24.3 Å². The molecule has 0 N–H and O–H groups in total. The number of amides is 2. The van der Waals surface area contributed by atoms with Crippen LogP contribution in [0.5, 0.6) is 5.75 Å². The number of rotatable bonds is 8. The molecule has 1 unspecified atom stereocenters. The highest BCUT2D eigenvalue weighted by Gasteiger charge is 2.38. The number of carbonyl (C=O) groups is 3. The van der Waals surface area contributed by atoms with Crippen LogP contribution in [0.1, 0.15) is 27.2 Å². The molecule has 1 atom stereocenters. The largest absolute Gasteiger partial charge is 0.495 e. The Morgan fingerprint density at radius 1 is 1.17 bits per heavy atom. The van der Waals surface area contributed by atoms with E-state index in [9.17, 15) is 14.4 Å². The average molecular weight is 420 g/mol. The maximum atomic E-state index is 13.2. The zero-order chi connectivity index (χ0) is 22.5. The Kier molecular flexibility index (Phi) is 7.83. The number of anilines is 1. The summed E-state index contributed by atoms with van der Waals surface area (Å²) in [6, 6.07) is 7.24. The smallest absolute Gasteiger partial charge is 0.326 e. The fourth-order valence-electron chi connectivity index (χ4n) is 3.33. The molecule has 166 valence electrons. The van der Waals surface area contributed by atoms with Crippen molar-refractivity contribution in [3.05, 3.63) is 24.3 Å². The third kappa shape index (κ3) is 6.45. The Bertz CT molecular complexity index is 772. The topological polar surface area (TPSA) is 79.4 Å². The van der Waals surface area contributed by atoms with Crippen molar-refractivity contribution in [2.24, 2.45) is 5.92 Å². The third-order valence-electron chi connectivity index (χ3n) is 4.72. The molecule has 8 nitrogen and oxygen atoms in total. The van der Waals surface area contributed by atoms with Gasteiger partial charge in [0.05, 0.1) is 18.7 Å². The van der Waals surface area contributed by atoms with Crippen molar-refractivity contribution in [2.45, 2.75) is 32.8 Å². The molecular weight excluding hydrogens is 386 g/mol. The Labute approximate surface area is 178 Å². The summed E-state index contributed by atoms with van der Waals surface area (Å²) in [5, 5.41) is 0. The molecule has 0 aliphatic carbocycles. The summed E-state index contributed by atoms with van der Waals surface area (Å²) in [6.07, 6.45) is 0.101. The van der Waals surface area contributed by atoms with Crippen molar-refractivity contribution in [3.63, 3.8) is 0 Å². The summed E-state index contributed by atoms with van der Waals surface area (Å²) in [6.45, 7) is 6.47. The molecule has 8 heteroatoms. The predicted molar refractivity (Wildman–Crippen MR) is 114 cm³/mol. The van der Waals surface area contributed by atoms with E-state index in [-0.39, 0.29) is 31.3 Å². The molecule has 0 aromatic heterocycles. The molecule has 0 bridgehead atoms. The number of carbonyl (C=O) groups excluding carboxylic acids is 3. The lowest BCUT2D eigenvalue weighted by atomic mass is 10.1. The summed E-state index contributed by atoms with van der Waals surface area (Å²) in [7, 11) is 5.35. The van der Waals surface area contributed by atoms with Gasteiger partial charge in [-0.3, -0.25) is 14.4 Å². The van der Waals surface area contributed by atoms with Gasteiger partial charge >= 0.3 is 5.97 Å². The average Bonchev–Trinajstić information content (AvgIpc) is 3.04. The quantitative estimate of drug-likeness (QED) is 0.598. The van der Waals surface area contributed by atoms with E-state index in [4.69, 9.17) is 9.47 Å². The minimum Gasteiger partial charge on any atom is -0.495 e. The van der Waals surface area contributed by atoms with Gasteiger partial charge in [-0.25, -0.2) is 0 Å². The van der Waals surface area contributed by atoms with Gasteiger partial charge in [0.25, 0.3) is 0 Å². The summed E-state index contributed by atoms with van der Waals surface area (Å²) >= 11 is 0. The zero-order valence-corrected chi connectivity index (χ0v) is 18.8. The summed E-state index contributed by atoms with van der Waals surface area (Å²) in [5.74, 6) is -0.749. The lowest BCUT2D eigenvalue weighted by molar-refractivity contribution is -0.159. The van der Waals surface area contributed by atoms with E-state index in [1.165, 1.54) is 4.90 Å². The highest BCUT2D eigenvalue weighted by Crippen LogP contribution is 2.33. The van der Waals surface area contributed by atoms with E-state index in [0.29, 0.717) is 24.5 Å².